The second-order valence-corrected chi connectivity index (χ2v) is 7.64. The van der Waals surface area contributed by atoms with Gasteiger partial charge in [0.1, 0.15) is 0 Å². The molecule has 30 heavy (non-hydrogen) atoms. The highest BCUT2D eigenvalue weighted by Crippen LogP contribution is 2.36. The molecule has 0 aliphatic carbocycles. The zero-order valence-corrected chi connectivity index (χ0v) is 19.5. The Kier molecular flexibility index (Phi) is 9.56. The number of amides is 1. The fourth-order valence-corrected chi connectivity index (χ4v) is 3.01. The summed E-state index contributed by atoms with van der Waals surface area (Å²) in [5, 5.41) is 7.67. The summed E-state index contributed by atoms with van der Waals surface area (Å²) in [6.07, 6.45) is 1.62. The first-order chi connectivity index (χ1) is 14.4. The molecule has 9 heteroatoms. The zero-order chi connectivity index (χ0) is 21.9. The number of hydrogen-bond donors (Lipinski definition) is 2. The van der Waals surface area contributed by atoms with Gasteiger partial charge in [-0.05, 0) is 58.3 Å². The molecule has 0 saturated carbocycles. The van der Waals surface area contributed by atoms with Crippen molar-refractivity contribution in [1.82, 2.24) is 15.6 Å². The van der Waals surface area contributed by atoms with Crippen LogP contribution in [0.15, 0.2) is 52.0 Å². The van der Waals surface area contributed by atoms with Crippen LogP contribution in [0, 0.1) is 0 Å². The van der Waals surface area contributed by atoms with Crippen LogP contribution >= 0.6 is 28.1 Å². The van der Waals surface area contributed by atoms with Crippen LogP contribution in [-0.4, -0.2) is 49.4 Å². The summed E-state index contributed by atoms with van der Waals surface area (Å²) in [7, 11) is 3.35. The van der Waals surface area contributed by atoms with E-state index in [1.807, 2.05) is 43.3 Å². The zero-order valence-electron chi connectivity index (χ0n) is 17.1. The van der Waals surface area contributed by atoms with Crippen molar-refractivity contribution in [3.05, 3.63) is 58.1 Å². The number of nitrogens with zero attached hydrogens (tertiary/aromatic N) is 2. The number of halogens is 1. The van der Waals surface area contributed by atoms with Gasteiger partial charge in [0.2, 0.25) is 0 Å². The van der Waals surface area contributed by atoms with Crippen LogP contribution in [0.3, 0.4) is 0 Å². The largest absolute Gasteiger partial charge is 0.490 e. The summed E-state index contributed by atoms with van der Waals surface area (Å²) in [5.74, 6) is 0.845. The maximum Gasteiger partial charge on any atom is 0.259 e. The van der Waals surface area contributed by atoms with Crippen LogP contribution in [0.5, 0.6) is 11.5 Å². The number of rotatable bonds is 9. The molecule has 2 aromatic rings. The fourth-order valence-electron chi connectivity index (χ4n) is 2.31. The third kappa shape index (κ3) is 7.64. The van der Waals surface area contributed by atoms with E-state index >= 15 is 0 Å². The molecule has 0 aromatic heterocycles. The molecular formula is C21H25BrN4O3S. The lowest BCUT2D eigenvalue weighted by Gasteiger charge is -2.16. The Labute approximate surface area is 190 Å². The van der Waals surface area contributed by atoms with E-state index in [-0.39, 0.29) is 12.5 Å². The molecule has 0 heterocycles. The average molecular weight is 493 g/mol. The Morgan fingerprint density at radius 3 is 2.63 bits per heavy atom. The monoisotopic (exact) mass is 492 g/mol. The number of hydrazone groups is 1. The molecule has 0 radical (unpaired) electrons. The fraction of sp³-hybridized carbons (Fsp3) is 0.286. The molecule has 0 spiro atoms. The second kappa shape index (κ2) is 12.1. The third-order valence-electron chi connectivity index (χ3n) is 3.85. The number of carbonyl (C=O) groups is 1. The summed E-state index contributed by atoms with van der Waals surface area (Å²) in [5.41, 5.74) is 4.69. The molecule has 0 atom stereocenters. The number of hydrogen-bond acceptors (Lipinski definition) is 5. The highest BCUT2D eigenvalue weighted by Gasteiger charge is 2.14. The van der Waals surface area contributed by atoms with Crippen LogP contribution in [0.2, 0.25) is 0 Å². The van der Waals surface area contributed by atoms with Gasteiger partial charge in [-0.2, -0.15) is 5.10 Å². The number of ether oxygens (including phenoxy) is 2. The summed E-state index contributed by atoms with van der Waals surface area (Å²) in [6.45, 7) is 2.86. The van der Waals surface area contributed by atoms with Gasteiger partial charge in [0.25, 0.3) is 5.91 Å². The highest BCUT2D eigenvalue weighted by atomic mass is 79.9. The molecule has 1 amide bonds. The van der Waals surface area contributed by atoms with Crippen LogP contribution in [0.25, 0.3) is 0 Å². The van der Waals surface area contributed by atoms with E-state index < -0.39 is 0 Å². The van der Waals surface area contributed by atoms with E-state index in [2.05, 4.69) is 31.8 Å². The lowest BCUT2D eigenvalue weighted by Crippen LogP contribution is -2.31. The van der Waals surface area contributed by atoms with E-state index in [0.29, 0.717) is 34.2 Å². The van der Waals surface area contributed by atoms with E-state index in [1.54, 1.807) is 26.4 Å². The van der Waals surface area contributed by atoms with E-state index in [4.69, 9.17) is 21.7 Å². The minimum absolute atomic E-state index is 0.0813. The van der Waals surface area contributed by atoms with Gasteiger partial charge in [-0.3, -0.25) is 10.2 Å². The summed E-state index contributed by atoms with van der Waals surface area (Å²) < 4.78 is 12.0. The molecule has 0 aliphatic rings. The maximum absolute atomic E-state index is 11.8. The summed E-state index contributed by atoms with van der Waals surface area (Å²) >= 11 is 8.71. The number of likely N-dealkylation sites (N-methyl/N-ethyl adjacent to an activating group) is 1. The van der Waals surface area contributed by atoms with Gasteiger partial charge in [0.05, 0.1) is 17.3 Å². The van der Waals surface area contributed by atoms with Crippen LogP contribution < -0.4 is 20.2 Å². The molecule has 2 aromatic carbocycles. The van der Waals surface area contributed by atoms with Gasteiger partial charge in [-0.1, -0.05) is 30.3 Å². The first-order valence-electron chi connectivity index (χ1n) is 9.30. The molecule has 7 nitrogen and oxygen atoms in total. The number of carbonyl (C=O) groups excluding carboxylic acids is 1. The lowest BCUT2D eigenvalue weighted by molar-refractivity contribution is -0.130. The molecule has 160 valence electrons. The van der Waals surface area contributed by atoms with Crippen molar-refractivity contribution >= 4 is 45.4 Å². The van der Waals surface area contributed by atoms with Gasteiger partial charge in [-0.25, -0.2) is 0 Å². The van der Waals surface area contributed by atoms with Crippen molar-refractivity contribution in [2.45, 2.75) is 13.5 Å². The molecule has 0 fully saturated rings. The summed E-state index contributed by atoms with van der Waals surface area (Å²) in [4.78, 5) is 13.3. The van der Waals surface area contributed by atoms with Crippen molar-refractivity contribution in [2.75, 3.05) is 27.3 Å². The Hall–Kier alpha value is -2.65. The Morgan fingerprint density at radius 1 is 1.23 bits per heavy atom. The first kappa shape index (κ1) is 23.6. The number of thiocarbonyl (C=S) groups is 1. The normalized spacial score (nSPS) is 10.5. The van der Waals surface area contributed by atoms with Crippen LogP contribution in [0.4, 0.5) is 0 Å². The van der Waals surface area contributed by atoms with E-state index in [9.17, 15) is 4.79 Å². The highest BCUT2D eigenvalue weighted by molar-refractivity contribution is 9.10. The van der Waals surface area contributed by atoms with Crippen LogP contribution in [0.1, 0.15) is 18.1 Å². The SMILES string of the molecule is CCOc1cc(/C=N/NC(=S)NCc2ccccc2)cc(Br)c1OCC(=O)N(C)C. The lowest BCUT2D eigenvalue weighted by atomic mass is 10.2. The quantitative estimate of drug-likeness (QED) is 0.317. The Bertz CT molecular complexity index is 891. The van der Waals surface area contributed by atoms with E-state index in [1.165, 1.54) is 4.90 Å². The van der Waals surface area contributed by atoms with Gasteiger partial charge in [-0.15, -0.1) is 0 Å². The number of nitrogens with one attached hydrogen (secondary N) is 2. The van der Waals surface area contributed by atoms with Gasteiger partial charge in [0, 0.05) is 20.6 Å². The average Bonchev–Trinajstić information content (AvgIpc) is 2.72. The van der Waals surface area contributed by atoms with Crippen molar-refractivity contribution < 1.29 is 14.3 Å². The third-order valence-corrected chi connectivity index (χ3v) is 4.67. The van der Waals surface area contributed by atoms with Gasteiger partial charge < -0.3 is 19.7 Å². The molecule has 0 bridgehead atoms. The smallest absolute Gasteiger partial charge is 0.259 e. The van der Waals surface area contributed by atoms with Gasteiger partial charge >= 0.3 is 0 Å². The van der Waals surface area contributed by atoms with Crippen molar-refractivity contribution in [2.24, 2.45) is 5.10 Å². The van der Waals surface area contributed by atoms with Crippen molar-refractivity contribution in [3.8, 4) is 11.5 Å². The molecule has 0 aliphatic heterocycles. The maximum atomic E-state index is 11.8. The molecule has 2 N–H and O–H groups in total. The minimum Gasteiger partial charge on any atom is -0.490 e. The Balaban J connectivity index is 1.99. The van der Waals surface area contributed by atoms with Crippen LogP contribution in [-0.2, 0) is 11.3 Å². The number of benzene rings is 2. The van der Waals surface area contributed by atoms with Gasteiger partial charge in [0.15, 0.2) is 23.2 Å². The molecular weight excluding hydrogens is 468 g/mol. The second-order valence-electron chi connectivity index (χ2n) is 6.38. The minimum atomic E-state index is -0.143. The summed E-state index contributed by atoms with van der Waals surface area (Å²) in [6, 6.07) is 13.6. The molecule has 2 rings (SSSR count). The Morgan fingerprint density at radius 2 is 1.97 bits per heavy atom. The standard InChI is InChI=1S/C21H25BrN4O3S/c1-4-28-18-11-16(10-17(22)20(18)29-14-19(27)26(2)3)13-24-25-21(30)23-12-15-8-6-5-7-9-15/h5-11,13H,4,12,14H2,1-3H3,(H2,23,25,30)/b24-13+. The molecule has 0 unspecified atom stereocenters. The molecule has 0 saturated heterocycles. The first-order valence-corrected chi connectivity index (χ1v) is 10.5. The van der Waals surface area contributed by atoms with Crippen molar-refractivity contribution in [3.63, 3.8) is 0 Å². The van der Waals surface area contributed by atoms with E-state index in [0.717, 1.165) is 11.1 Å². The predicted octanol–water partition coefficient (Wildman–Crippen LogP) is 3.31. The topological polar surface area (TPSA) is 75.2 Å². The van der Waals surface area contributed by atoms with Crippen molar-refractivity contribution in [1.29, 1.82) is 0 Å². The predicted molar refractivity (Wildman–Crippen MR) is 126 cm³/mol.